The van der Waals surface area contributed by atoms with Crippen LogP contribution in [-0.4, -0.2) is 36.9 Å². The Kier molecular flexibility index (Phi) is 4.41. The van der Waals surface area contributed by atoms with Crippen molar-refractivity contribution < 1.29 is 14.3 Å². The van der Waals surface area contributed by atoms with Gasteiger partial charge in [-0.25, -0.2) is 0 Å². The van der Waals surface area contributed by atoms with Crippen LogP contribution in [0.1, 0.15) is 54.1 Å². The summed E-state index contributed by atoms with van der Waals surface area (Å²) in [5.41, 5.74) is 3.01. The zero-order chi connectivity index (χ0) is 20.1. The minimum absolute atomic E-state index is 0.00385. The number of carbonyl (C=O) groups excluding carboxylic acids is 2. The predicted molar refractivity (Wildman–Crippen MR) is 109 cm³/mol. The molecule has 0 saturated heterocycles. The second kappa shape index (κ2) is 6.66. The van der Waals surface area contributed by atoms with Crippen LogP contribution in [0, 0.1) is 0 Å². The third kappa shape index (κ3) is 2.95. The molecule has 2 amide bonds. The Morgan fingerprint density at radius 1 is 1.18 bits per heavy atom. The minimum Gasteiger partial charge on any atom is -0.497 e. The number of amides is 2. The molecule has 1 N–H and O–H groups in total. The molecule has 1 aliphatic heterocycles. The lowest BCUT2D eigenvalue weighted by molar-refractivity contribution is -0.119. The van der Waals surface area contributed by atoms with Crippen LogP contribution in [0.25, 0.3) is 0 Å². The van der Waals surface area contributed by atoms with Crippen molar-refractivity contribution in [2.45, 2.75) is 44.1 Å². The Balaban J connectivity index is 1.44. The first kappa shape index (κ1) is 18.5. The van der Waals surface area contributed by atoms with Crippen molar-refractivity contribution in [2.75, 3.05) is 19.5 Å². The number of hydrogen-bond acceptors (Lipinski definition) is 3. The Bertz CT molecular complexity index is 945. The maximum Gasteiger partial charge on any atom is 0.253 e. The van der Waals surface area contributed by atoms with Crippen LogP contribution in [0.4, 0.5) is 5.69 Å². The molecule has 0 unspecified atom stereocenters. The number of ether oxygens (including phenoxy) is 1. The quantitative estimate of drug-likeness (QED) is 0.877. The summed E-state index contributed by atoms with van der Waals surface area (Å²) in [5, 5.41) is 2.90. The lowest BCUT2D eigenvalue weighted by Crippen LogP contribution is -2.44. The average Bonchev–Trinajstić information content (AvgIpc) is 2.88. The summed E-state index contributed by atoms with van der Waals surface area (Å²) < 4.78 is 5.31. The van der Waals surface area contributed by atoms with Crippen molar-refractivity contribution in [1.29, 1.82) is 0 Å². The van der Waals surface area contributed by atoms with Crippen LogP contribution in [0.3, 0.4) is 0 Å². The van der Waals surface area contributed by atoms with E-state index >= 15 is 0 Å². The summed E-state index contributed by atoms with van der Waals surface area (Å²) in [6, 6.07) is 13.9. The molecular formula is C23H26N2O3. The van der Waals surface area contributed by atoms with Crippen molar-refractivity contribution in [3.8, 4) is 5.75 Å². The van der Waals surface area contributed by atoms with Gasteiger partial charge in [0.1, 0.15) is 5.75 Å². The highest BCUT2D eigenvalue weighted by Gasteiger charge is 2.39. The van der Waals surface area contributed by atoms with Gasteiger partial charge < -0.3 is 15.0 Å². The molecule has 0 spiro atoms. The summed E-state index contributed by atoms with van der Waals surface area (Å²) >= 11 is 0. The fourth-order valence-electron chi connectivity index (χ4n) is 4.17. The monoisotopic (exact) mass is 378 g/mol. The van der Waals surface area contributed by atoms with Crippen molar-refractivity contribution in [3.63, 3.8) is 0 Å². The summed E-state index contributed by atoms with van der Waals surface area (Å²) in [4.78, 5) is 26.9. The van der Waals surface area contributed by atoms with Gasteiger partial charge in [0.2, 0.25) is 5.91 Å². The molecule has 1 saturated carbocycles. The maximum absolute atomic E-state index is 13.0. The Morgan fingerprint density at radius 2 is 1.93 bits per heavy atom. The predicted octanol–water partition coefficient (Wildman–Crippen LogP) is 3.94. The van der Waals surface area contributed by atoms with E-state index in [1.807, 2.05) is 50.1 Å². The first-order chi connectivity index (χ1) is 13.3. The van der Waals surface area contributed by atoms with E-state index in [-0.39, 0.29) is 17.9 Å². The summed E-state index contributed by atoms with van der Waals surface area (Å²) in [6.45, 7) is 3.80. The fourth-order valence-corrected chi connectivity index (χ4v) is 4.17. The van der Waals surface area contributed by atoms with E-state index < -0.39 is 5.41 Å². The van der Waals surface area contributed by atoms with Crippen LogP contribution < -0.4 is 10.1 Å². The van der Waals surface area contributed by atoms with E-state index in [9.17, 15) is 9.59 Å². The van der Waals surface area contributed by atoms with E-state index in [4.69, 9.17) is 4.74 Å². The Morgan fingerprint density at radius 3 is 2.64 bits per heavy atom. The number of rotatable bonds is 4. The smallest absolute Gasteiger partial charge is 0.253 e. The molecule has 2 aromatic rings. The van der Waals surface area contributed by atoms with Gasteiger partial charge in [0.25, 0.3) is 5.91 Å². The molecule has 5 nitrogen and oxygen atoms in total. The van der Waals surface area contributed by atoms with Gasteiger partial charge >= 0.3 is 0 Å². The van der Waals surface area contributed by atoms with Crippen LogP contribution in [0.5, 0.6) is 5.75 Å². The van der Waals surface area contributed by atoms with Crippen molar-refractivity contribution >= 4 is 17.5 Å². The third-order valence-corrected chi connectivity index (χ3v) is 6.30. The second-order valence-electron chi connectivity index (χ2n) is 8.35. The number of nitrogens with zero attached hydrogens (tertiary/aromatic N) is 1. The van der Waals surface area contributed by atoms with E-state index in [0.29, 0.717) is 11.5 Å². The largest absolute Gasteiger partial charge is 0.497 e. The van der Waals surface area contributed by atoms with E-state index in [1.165, 1.54) is 5.56 Å². The lowest BCUT2D eigenvalue weighted by Gasteiger charge is -2.41. The molecule has 146 valence electrons. The molecule has 28 heavy (non-hydrogen) atoms. The maximum atomic E-state index is 13.0. The number of nitrogens with one attached hydrogen (secondary N) is 1. The van der Waals surface area contributed by atoms with Gasteiger partial charge in [-0.15, -0.1) is 0 Å². The molecule has 1 heterocycles. The molecule has 0 aromatic heterocycles. The number of fused-ring (bicyclic) bond motifs is 1. The Hall–Kier alpha value is -2.82. The number of anilines is 1. The van der Waals surface area contributed by atoms with Gasteiger partial charge in [0, 0.05) is 24.3 Å². The fraction of sp³-hybridized carbons (Fsp3) is 0.391. The van der Waals surface area contributed by atoms with Gasteiger partial charge in [-0.1, -0.05) is 18.2 Å². The Labute approximate surface area is 165 Å². The summed E-state index contributed by atoms with van der Waals surface area (Å²) in [6.07, 6.45) is 1.90. The molecule has 1 fully saturated rings. The zero-order valence-electron chi connectivity index (χ0n) is 16.8. The molecule has 0 radical (unpaired) electrons. The normalized spacial score (nSPS) is 22.1. The highest BCUT2D eigenvalue weighted by Crippen LogP contribution is 2.41. The zero-order valence-corrected chi connectivity index (χ0v) is 16.8. The first-order valence-corrected chi connectivity index (χ1v) is 9.68. The lowest BCUT2D eigenvalue weighted by atomic mass is 9.75. The van der Waals surface area contributed by atoms with Crippen molar-refractivity contribution in [2.24, 2.45) is 0 Å². The first-order valence-electron chi connectivity index (χ1n) is 9.68. The summed E-state index contributed by atoms with van der Waals surface area (Å²) in [7, 11) is 3.54. The van der Waals surface area contributed by atoms with Crippen LogP contribution >= 0.6 is 0 Å². The van der Waals surface area contributed by atoms with Gasteiger partial charge in [0.05, 0.1) is 12.5 Å². The van der Waals surface area contributed by atoms with Crippen LogP contribution in [0.15, 0.2) is 42.5 Å². The van der Waals surface area contributed by atoms with E-state index in [2.05, 4.69) is 17.4 Å². The van der Waals surface area contributed by atoms with Crippen LogP contribution in [0.2, 0.25) is 0 Å². The van der Waals surface area contributed by atoms with Crippen LogP contribution in [-0.2, 0) is 10.2 Å². The number of methoxy groups -OCH3 is 1. The van der Waals surface area contributed by atoms with E-state index in [1.54, 1.807) is 13.2 Å². The van der Waals surface area contributed by atoms with E-state index in [0.717, 1.165) is 29.8 Å². The minimum atomic E-state index is -0.555. The highest BCUT2D eigenvalue weighted by atomic mass is 16.5. The molecule has 4 rings (SSSR count). The molecule has 2 aliphatic rings. The number of carbonyl (C=O) groups is 2. The topological polar surface area (TPSA) is 58.6 Å². The van der Waals surface area contributed by atoms with Gasteiger partial charge in [0.15, 0.2) is 0 Å². The van der Waals surface area contributed by atoms with Crippen molar-refractivity contribution in [3.05, 3.63) is 59.2 Å². The molecule has 2 aromatic carbocycles. The van der Waals surface area contributed by atoms with Gasteiger partial charge in [-0.05, 0) is 68.0 Å². The third-order valence-electron chi connectivity index (χ3n) is 6.30. The standard InChI is InChI=1S/C23H26N2O3/c1-23(2)19-9-8-15(13-20(19)24-22(23)27)21(26)25(3)17-10-16(11-17)14-6-5-7-18(12-14)28-4/h5-9,12-13,16-17H,10-11H2,1-4H3,(H,24,27). The molecule has 0 bridgehead atoms. The number of hydrogen-bond donors (Lipinski definition) is 1. The SMILES string of the molecule is COc1cccc(C2CC(N(C)C(=O)c3ccc4c(c3)NC(=O)C4(C)C)C2)c1. The molecular weight excluding hydrogens is 352 g/mol. The molecule has 1 aliphatic carbocycles. The number of benzene rings is 2. The highest BCUT2D eigenvalue weighted by molar-refractivity contribution is 6.07. The van der Waals surface area contributed by atoms with Gasteiger partial charge in [-0.3, -0.25) is 9.59 Å². The molecule has 0 atom stereocenters. The molecule has 5 heteroatoms. The second-order valence-corrected chi connectivity index (χ2v) is 8.35. The summed E-state index contributed by atoms with van der Waals surface area (Å²) in [5.74, 6) is 1.29. The van der Waals surface area contributed by atoms with Gasteiger partial charge in [-0.2, -0.15) is 0 Å². The average molecular weight is 378 g/mol. The van der Waals surface area contributed by atoms with Crippen molar-refractivity contribution in [1.82, 2.24) is 4.90 Å².